The molecule has 29 heavy (non-hydrogen) atoms. The van der Waals surface area contributed by atoms with Gasteiger partial charge >= 0.3 is 0 Å². The molecule has 0 fully saturated rings. The van der Waals surface area contributed by atoms with Gasteiger partial charge in [0.25, 0.3) is 0 Å². The molecule has 0 radical (unpaired) electrons. The van der Waals surface area contributed by atoms with Gasteiger partial charge in [-0.1, -0.05) is 54.2 Å². The van der Waals surface area contributed by atoms with E-state index in [0.717, 1.165) is 16.8 Å². The van der Waals surface area contributed by atoms with Gasteiger partial charge in [-0.25, -0.2) is 8.42 Å². The van der Waals surface area contributed by atoms with E-state index in [1.807, 2.05) is 54.0 Å². The molecule has 0 aliphatic carbocycles. The van der Waals surface area contributed by atoms with Crippen molar-refractivity contribution in [1.82, 2.24) is 14.8 Å². The van der Waals surface area contributed by atoms with Gasteiger partial charge in [-0.05, 0) is 24.6 Å². The van der Waals surface area contributed by atoms with E-state index in [-0.39, 0.29) is 17.4 Å². The van der Waals surface area contributed by atoms with Crippen LogP contribution in [-0.4, -0.2) is 41.1 Å². The molecule has 0 bridgehead atoms. The predicted octanol–water partition coefficient (Wildman–Crippen LogP) is 3.24. The van der Waals surface area contributed by atoms with E-state index in [1.165, 1.54) is 18.0 Å². The molecule has 0 unspecified atom stereocenters. The lowest BCUT2D eigenvalue weighted by atomic mass is 10.1. The Hall–Kier alpha value is -2.65. The van der Waals surface area contributed by atoms with Gasteiger partial charge < -0.3 is 9.88 Å². The number of rotatable bonds is 8. The molecule has 0 saturated carbocycles. The first-order valence-corrected chi connectivity index (χ1v) is 12.1. The third-order valence-corrected chi connectivity index (χ3v) is 5.89. The maximum Gasteiger partial charge on any atom is 0.234 e. The molecule has 0 spiro atoms. The van der Waals surface area contributed by atoms with Crippen molar-refractivity contribution < 1.29 is 13.2 Å². The minimum atomic E-state index is -3.08. The maximum atomic E-state index is 12.2. The summed E-state index contributed by atoms with van der Waals surface area (Å²) in [5, 5.41) is 12.0. The topological polar surface area (TPSA) is 93.9 Å². The first-order chi connectivity index (χ1) is 13.9. The van der Waals surface area contributed by atoms with E-state index in [0.29, 0.717) is 17.5 Å². The number of carbonyl (C=O) groups excluding carboxylic acids is 1. The number of hydrogen-bond acceptors (Lipinski definition) is 6. The van der Waals surface area contributed by atoms with Crippen LogP contribution in [0.3, 0.4) is 0 Å². The molecule has 1 amide bonds. The Morgan fingerprint density at radius 2 is 1.76 bits per heavy atom. The van der Waals surface area contributed by atoms with Gasteiger partial charge in [-0.3, -0.25) is 4.79 Å². The highest BCUT2D eigenvalue weighted by Gasteiger charge is 2.15. The summed E-state index contributed by atoms with van der Waals surface area (Å²) in [5.74, 6) is 0.800. The highest BCUT2D eigenvalue weighted by atomic mass is 32.2. The fraction of sp³-hybridized carbons (Fsp3) is 0.250. The molecular formula is C20H22N4O3S2. The van der Waals surface area contributed by atoms with Crippen molar-refractivity contribution in [3.05, 3.63) is 60.2 Å². The molecule has 2 aromatic carbocycles. The first kappa shape index (κ1) is 21.1. The second-order valence-electron chi connectivity index (χ2n) is 6.52. The molecule has 1 heterocycles. The van der Waals surface area contributed by atoms with E-state index >= 15 is 0 Å². The summed E-state index contributed by atoms with van der Waals surface area (Å²) in [7, 11) is -3.08. The van der Waals surface area contributed by atoms with Crippen LogP contribution < -0.4 is 5.32 Å². The van der Waals surface area contributed by atoms with Crippen LogP contribution in [0.2, 0.25) is 0 Å². The predicted molar refractivity (Wildman–Crippen MR) is 115 cm³/mol. The lowest BCUT2D eigenvalue weighted by Crippen LogP contribution is -2.14. The molecule has 1 N–H and O–H groups in total. The fourth-order valence-corrected chi connectivity index (χ4v) is 4.40. The van der Waals surface area contributed by atoms with E-state index in [1.54, 1.807) is 12.1 Å². The number of amides is 1. The highest BCUT2D eigenvalue weighted by Crippen LogP contribution is 2.24. The molecule has 0 aliphatic rings. The Bertz CT molecular complexity index is 1080. The van der Waals surface area contributed by atoms with Crippen molar-refractivity contribution >= 4 is 33.2 Å². The number of nitrogens with one attached hydrogen (secondary N) is 1. The molecular weight excluding hydrogens is 408 g/mol. The van der Waals surface area contributed by atoms with Crippen molar-refractivity contribution in [2.24, 2.45) is 0 Å². The van der Waals surface area contributed by atoms with Gasteiger partial charge in [0.2, 0.25) is 5.91 Å². The van der Waals surface area contributed by atoms with Crippen molar-refractivity contribution in [2.75, 3.05) is 17.3 Å². The number of carbonyl (C=O) groups is 1. The van der Waals surface area contributed by atoms with Crippen LogP contribution in [0.5, 0.6) is 0 Å². The Kier molecular flexibility index (Phi) is 6.71. The minimum Gasteiger partial charge on any atom is -0.325 e. The van der Waals surface area contributed by atoms with Gasteiger partial charge in [0.1, 0.15) is 0 Å². The van der Waals surface area contributed by atoms with Gasteiger partial charge in [0, 0.05) is 24.1 Å². The summed E-state index contributed by atoms with van der Waals surface area (Å²) in [4.78, 5) is 12.2. The molecule has 1 aromatic heterocycles. The zero-order valence-corrected chi connectivity index (χ0v) is 17.8. The van der Waals surface area contributed by atoms with E-state index in [9.17, 15) is 13.2 Å². The maximum absolute atomic E-state index is 12.2. The van der Waals surface area contributed by atoms with E-state index in [4.69, 9.17) is 0 Å². The quantitative estimate of drug-likeness (QED) is 0.552. The van der Waals surface area contributed by atoms with Crippen LogP contribution in [0.15, 0.2) is 59.8 Å². The SMILES string of the molecule is CCn1c(SCC(=O)Nc2ccccc2)nnc1-c1ccc(CS(C)(=O)=O)cc1. The molecule has 9 heteroatoms. The fourth-order valence-electron chi connectivity index (χ4n) is 2.80. The van der Waals surface area contributed by atoms with Crippen molar-refractivity contribution in [3.63, 3.8) is 0 Å². The zero-order valence-electron chi connectivity index (χ0n) is 16.2. The number of anilines is 1. The lowest BCUT2D eigenvalue weighted by Gasteiger charge is -2.08. The summed E-state index contributed by atoms with van der Waals surface area (Å²) in [6.07, 6.45) is 1.21. The van der Waals surface area contributed by atoms with Crippen LogP contribution in [0.25, 0.3) is 11.4 Å². The van der Waals surface area contributed by atoms with Gasteiger partial charge in [-0.2, -0.15) is 0 Å². The number of aromatic nitrogens is 3. The Morgan fingerprint density at radius 1 is 1.07 bits per heavy atom. The smallest absolute Gasteiger partial charge is 0.234 e. The number of para-hydroxylation sites is 1. The molecule has 0 atom stereocenters. The Balaban J connectivity index is 1.69. The largest absolute Gasteiger partial charge is 0.325 e. The number of nitrogens with zero attached hydrogens (tertiary/aromatic N) is 3. The van der Waals surface area contributed by atoms with Gasteiger partial charge in [-0.15, -0.1) is 10.2 Å². The molecule has 0 saturated heterocycles. The Labute approximate surface area is 174 Å². The van der Waals surface area contributed by atoms with Gasteiger partial charge in [0.15, 0.2) is 20.8 Å². The third kappa shape index (κ3) is 5.91. The number of hydrogen-bond donors (Lipinski definition) is 1. The molecule has 0 aliphatic heterocycles. The second kappa shape index (κ2) is 9.23. The summed E-state index contributed by atoms with van der Waals surface area (Å²) < 4.78 is 24.8. The number of benzene rings is 2. The zero-order chi connectivity index (χ0) is 20.9. The van der Waals surface area contributed by atoms with E-state index < -0.39 is 9.84 Å². The van der Waals surface area contributed by atoms with Crippen LogP contribution >= 0.6 is 11.8 Å². The second-order valence-corrected chi connectivity index (χ2v) is 9.60. The standard InChI is InChI=1S/C20H22N4O3S2/c1-3-24-19(16-11-9-15(10-12-16)14-29(2,26)27)22-23-20(24)28-13-18(25)21-17-7-5-4-6-8-17/h4-12H,3,13-14H2,1-2H3,(H,21,25). The molecule has 152 valence electrons. The summed E-state index contributed by atoms with van der Waals surface area (Å²) in [6.45, 7) is 2.63. The van der Waals surface area contributed by atoms with Crippen LogP contribution in [0, 0.1) is 0 Å². The van der Waals surface area contributed by atoms with Crippen molar-refractivity contribution in [3.8, 4) is 11.4 Å². The summed E-state index contributed by atoms with van der Waals surface area (Å²) >= 11 is 1.32. The van der Waals surface area contributed by atoms with Crippen molar-refractivity contribution in [2.45, 2.75) is 24.4 Å². The highest BCUT2D eigenvalue weighted by molar-refractivity contribution is 7.99. The van der Waals surface area contributed by atoms with Gasteiger partial charge in [0.05, 0.1) is 11.5 Å². The monoisotopic (exact) mass is 430 g/mol. The minimum absolute atomic E-state index is 0.00533. The summed E-state index contributed by atoms with van der Waals surface area (Å²) in [6, 6.07) is 16.5. The number of sulfone groups is 1. The molecule has 3 aromatic rings. The lowest BCUT2D eigenvalue weighted by molar-refractivity contribution is -0.113. The average Bonchev–Trinajstić information content (AvgIpc) is 3.09. The number of thioether (sulfide) groups is 1. The first-order valence-electron chi connectivity index (χ1n) is 9.03. The third-order valence-electron chi connectivity index (χ3n) is 4.06. The van der Waals surface area contributed by atoms with Crippen LogP contribution in [0.4, 0.5) is 5.69 Å². The average molecular weight is 431 g/mol. The van der Waals surface area contributed by atoms with Crippen LogP contribution in [0.1, 0.15) is 12.5 Å². The van der Waals surface area contributed by atoms with E-state index in [2.05, 4.69) is 15.5 Å². The molecule has 7 nitrogen and oxygen atoms in total. The molecule has 3 rings (SSSR count). The Morgan fingerprint density at radius 3 is 2.38 bits per heavy atom. The van der Waals surface area contributed by atoms with Crippen molar-refractivity contribution in [1.29, 1.82) is 0 Å². The van der Waals surface area contributed by atoms with Crippen LogP contribution in [-0.2, 0) is 26.9 Å². The summed E-state index contributed by atoms with van der Waals surface area (Å²) in [5.41, 5.74) is 2.33. The normalized spacial score (nSPS) is 11.4.